The Morgan fingerprint density at radius 2 is 2.16 bits per heavy atom. The molecule has 0 aliphatic carbocycles. The van der Waals surface area contributed by atoms with Crippen molar-refractivity contribution in [1.82, 2.24) is 9.88 Å². The molecule has 98 valence electrons. The zero-order valence-corrected chi connectivity index (χ0v) is 10.7. The summed E-state index contributed by atoms with van der Waals surface area (Å²) in [6, 6.07) is 9.74. The van der Waals surface area contributed by atoms with Gasteiger partial charge in [0.25, 0.3) is 5.91 Å². The number of hydrogen-bond donors (Lipinski definition) is 0. The fourth-order valence-electron chi connectivity index (χ4n) is 1.85. The SMILES string of the molecule is CCN(Cc1cccc(F)c1)C(=O)c1cccnc1. The van der Waals surface area contributed by atoms with Crippen molar-refractivity contribution >= 4 is 5.91 Å². The molecule has 4 heteroatoms. The second-order valence-electron chi connectivity index (χ2n) is 4.19. The van der Waals surface area contributed by atoms with E-state index in [9.17, 15) is 9.18 Å². The Balaban J connectivity index is 2.15. The van der Waals surface area contributed by atoms with Crippen LogP contribution in [0.15, 0.2) is 48.8 Å². The summed E-state index contributed by atoms with van der Waals surface area (Å²) in [5.41, 5.74) is 1.32. The zero-order chi connectivity index (χ0) is 13.7. The van der Waals surface area contributed by atoms with Crippen molar-refractivity contribution in [3.63, 3.8) is 0 Å². The van der Waals surface area contributed by atoms with Crippen LogP contribution in [0.3, 0.4) is 0 Å². The number of pyridine rings is 1. The number of rotatable bonds is 4. The molecule has 2 rings (SSSR count). The lowest BCUT2D eigenvalue weighted by atomic mass is 10.2. The van der Waals surface area contributed by atoms with E-state index in [2.05, 4.69) is 4.98 Å². The van der Waals surface area contributed by atoms with Crippen LogP contribution in [0.25, 0.3) is 0 Å². The first-order chi connectivity index (χ1) is 9.20. The molecule has 0 saturated heterocycles. The third-order valence-electron chi connectivity index (χ3n) is 2.84. The van der Waals surface area contributed by atoms with Crippen LogP contribution in [0, 0.1) is 5.82 Å². The van der Waals surface area contributed by atoms with Crippen LogP contribution in [-0.4, -0.2) is 22.3 Å². The average molecular weight is 258 g/mol. The van der Waals surface area contributed by atoms with Gasteiger partial charge in [0.2, 0.25) is 0 Å². The monoisotopic (exact) mass is 258 g/mol. The molecule has 0 saturated carbocycles. The minimum atomic E-state index is -0.289. The van der Waals surface area contributed by atoms with Crippen molar-refractivity contribution < 1.29 is 9.18 Å². The molecular weight excluding hydrogens is 243 g/mol. The van der Waals surface area contributed by atoms with Crippen LogP contribution in [0.1, 0.15) is 22.8 Å². The Bertz CT molecular complexity index is 557. The number of amides is 1. The van der Waals surface area contributed by atoms with Crippen LogP contribution in [0.4, 0.5) is 4.39 Å². The van der Waals surface area contributed by atoms with Gasteiger partial charge in [0.1, 0.15) is 5.82 Å². The van der Waals surface area contributed by atoms with E-state index in [1.165, 1.54) is 18.3 Å². The lowest BCUT2D eigenvalue weighted by Crippen LogP contribution is -2.30. The third kappa shape index (κ3) is 3.37. The number of benzene rings is 1. The minimum absolute atomic E-state index is 0.0974. The first-order valence-electron chi connectivity index (χ1n) is 6.14. The van der Waals surface area contributed by atoms with Crippen LogP contribution in [0.5, 0.6) is 0 Å². The average Bonchev–Trinajstić information content (AvgIpc) is 2.45. The summed E-state index contributed by atoms with van der Waals surface area (Å²) in [4.78, 5) is 17.9. The Morgan fingerprint density at radius 3 is 2.79 bits per heavy atom. The first-order valence-corrected chi connectivity index (χ1v) is 6.14. The molecular formula is C15H15FN2O. The molecule has 1 amide bonds. The van der Waals surface area contributed by atoms with Crippen LogP contribution < -0.4 is 0 Å². The van der Waals surface area contributed by atoms with E-state index in [1.54, 1.807) is 29.3 Å². The smallest absolute Gasteiger partial charge is 0.255 e. The third-order valence-corrected chi connectivity index (χ3v) is 2.84. The van der Waals surface area contributed by atoms with Crippen molar-refractivity contribution in [3.8, 4) is 0 Å². The van der Waals surface area contributed by atoms with E-state index in [1.807, 2.05) is 13.0 Å². The first kappa shape index (κ1) is 13.2. The molecule has 1 aromatic heterocycles. The topological polar surface area (TPSA) is 33.2 Å². The molecule has 2 aromatic rings. The summed E-state index contributed by atoms with van der Waals surface area (Å²) in [5, 5.41) is 0. The predicted molar refractivity (Wildman–Crippen MR) is 71.1 cm³/mol. The molecule has 0 bridgehead atoms. The summed E-state index contributed by atoms with van der Waals surface area (Å²) in [6.45, 7) is 2.85. The summed E-state index contributed by atoms with van der Waals surface area (Å²) in [7, 11) is 0. The normalized spacial score (nSPS) is 10.2. The minimum Gasteiger partial charge on any atom is -0.335 e. The molecule has 0 spiro atoms. The molecule has 3 nitrogen and oxygen atoms in total. The van der Waals surface area contributed by atoms with Gasteiger partial charge >= 0.3 is 0 Å². The molecule has 0 aliphatic heterocycles. The molecule has 0 aliphatic rings. The molecule has 1 heterocycles. The molecule has 0 unspecified atom stereocenters. The summed E-state index contributed by atoms with van der Waals surface area (Å²) in [5.74, 6) is -0.387. The maximum atomic E-state index is 13.1. The fraction of sp³-hybridized carbons (Fsp3) is 0.200. The fourth-order valence-corrected chi connectivity index (χ4v) is 1.85. The van der Waals surface area contributed by atoms with Crippen molar-refractivity contribution in [2.75, 3.05) is 6.54 Å². The van der Waals surface area contributed by atoms with Gasteiger partial charge in [-0.25, -0.2) is 4.39 Å². The molecule has 19 heavy (non-hydrogen) atoms. The number of hydrogen-bond acceptors (Lipinski definition) is 2. The summed E-state index contributed by atoms with van der Waals surface area (Å²) < 4.78 is 13.1. The highest BCUT2D eigenvalue weighted by atomic mass is 19.1. The Kier molecular flexibility index (Phi) is 4.23. The standard InChI is InChI=1S/C15H15FN2O/c1-2-18(11-12-5-3-7-14(16)9-12)15(19)13-6-4-8-17-10-13/h3-10H,2,11H2,1H3. The number of carbonyl (C=O) groups excluding carboxylic acids is 1. The molecule has 0 N–H and O–H groups in total. The van der Waals surface area contributed by atoms with E-state index in [0.29, 0.717) is 18.7 Å². The van der Waals surface area contributed by atoms with Crippen molar-refractivity contribution in [2.45, 2.75) is 13.5 Å². The highest BCUT2D eigenvalue weighted by Gasteiger charge is 2.14. The number of aromatic nitrogens is 1. The number of carbonyl (C=O) groups is 1. The highest BCUT2D eigenvalue weighted by molar-refractivity contribution is 5.93. The largest absolute Gasteiger partial charge is 0.335 e. The van der Waals surface area contributed by atoms with Gasteiger partial charge in [0, 0.05) is 25.5 Å². The molecule has 0 radical (unpaired) electrons. The van der Waals surface area contributed by atoms with Crippen molar-refractivity contribution in [2.24, 2.45) is 0 Å². The van der Waals surface area contributed by atoms with Gasteiger partial charge in [-0.15, -0.1) is 0 Å². The van der Waals surface area contributed by atoms with Gasteiger partial charge in [-0.1, -0.05) is 12.1 Å². The van der Waals surface area contributed by atoms with E-state index in [0.717, 1.165) is 5.56 Å². The van der Waals surface area contributed by atoms with E-state index in [-0.39, 0.29) is 11.7 Å². The van der Waals surface area contributed by atoms with Gasteiger partial charge in [-0.05, 0) is 36.8 Å². The van der Waals surface area contributed by atoms with Gasteiger partial charge in [-0.2, -0.15) is 0 Å². The Morgan fingerprint density at radius 1 is 1.32 bits per heavy atom. The van der Waals surface area contributed by atoms with Crippen LogP contribution in [-0.2, 0) is 6.54 Å². The second-order valence-corrected chi connectivity index (χ2v) is 4.19. The quantitative estimate of drug-likeness (QED) is 0.844. The Hall–Kier alpha value is -2.23. The summed E-state index contributed by atoms with van der Waals surface area (Å²) in [6.07, 6.45) is 3.16. The number of halogens is 1. The molecule has 0 atom stereocenters. The zero-order valence-electron chi connectivity index (χ0n) is 10.7. The molecule has 1 aromatic carbocycles. The van der Waals surface area contributed by atoms with E-state index in [4.69, 9.17) is 0 Å². The van der Waals surface area contributed by atoms with Gasteiger partial charge in [-0.3, -0.25) is 9.78 Å². The van der Waals surface area contributed by atoms with Gasteiger partial charge in [0.05, 0.1) is 5.56 Å². The lowest BCUT2D eigenvalue weighted by Gasteiger charge is -2.21. The van der Waals surface area contributed by atoms with E-state index < -0.39 is 0 Å². The van der Waals surface area contributed by atoms with Gasteiger partial charge < -0.3 is 4.90 Å². The van der Waals surface area contributed by atoms with Crippen molar-refractivity contribution in [3.05, 3.63) is 65.7 Å². The van der Waals surface area contributed by atoms with Gasteiger partial charge in [0.15, 0.2) is 0 Å². The van der Waals surface area contributed by atoms with Crippen LogP contribution in [0.2, 0.25) is 0 Å². The van der Waals surface area contributed by atoms with E-state index >= 15 is 0 Å². The highest BCUT2D eigenvalue weighted by Crippen LogP contribution is 2.10. The predicted octanol–water partition coefficient (Wildman–Crippen LogP) is 2.88. The Labute approximate surface area is 111 Å². The molecule has 0 fully saturated rings. The maximum Gasteiger partial charge on any atom is 0.255 e. The lowest BCUT2D eigenvalue weighted by molar-refractivity contribution is 0.0752. The second kappa shape index (κ2) is 6.09. The summed E-state index contributed by atoms with van der Waals surface area (Å²) >= 11 is 0. The van der Waals surface area contributed by atoms with Crippen LogP contribution >= 0.6 is 0 Å². The van der Waals surface area contributed by atoms with Crippen molar-refractivity contribution in [1.29, 1.82) is 0 Å². The number of nitrogens with zero attached hydrogens (tertiary/aromatic N) is 2. The maximum absolute atomic E-state index is 13.1.